The maximum absolute atomic E-state index is 13.2. The highest BCUT2D eigenvalue weighted by Crippen LogP contribution is 2.61. The summed E-state index contributed by atoms with van der Waals surface area (Å²) in [5.74, 6) is 2.86. The van der Waals surface area contributed by atoms with Gasteiger partial charge in [0.2, 0.25) is 5.91 Å². The first-order valence-corrected chi connectivity index (χ1v) is 10.4. The summed E-state index contributed by atoms with van der Waals surface area (Å²) in [6.45, 7) is 0. The summed E-state index contributed by atoms with van der Waals surface area (Å²) in [6.07, 6.45) is 12.4. The zero-order valence-corrected chi connectivity index (χ0v) is 15.8. The summed E-state index contributed by atoms with van der Waals surface area (Å²) in [4.78, 5) is 17.3. The third kappa shape index (κ3) is 3.40. The van der Waals surface area contributed by atoms with Gasteiger partial charge in [-0.15, -0.1) is 0 Å². The van der Waals surface area contributed by atoms with E-state index in [0.717, 1.165) is 28.9 Å². The molecule has 1 unspecified atom stereocenters. The summed E-state index contributed by atoms with van der Waals surface area (Å²) in [5, 5.41) is 3.36. The molecule has 4 aliphatic carbocycles. The monoisotopic (exact) mass is 360 g/mol. The van der Waals surface area contributed by atoms with E-state index in [4.69, 9.17) is 0 Å². The van der Waals surface area contributed by atoms with Crippen LogP contribution in [-0.4, -0.2) is 10.9 Å². The average molecular weight is 361 g/mol. The third-order valence-electron chi connectivity index (χ3n) is 7.18. The van der Waals surface area contributed by atoms with Crippen LogP contribution in [0.4, 0.5) is 0 Å². The predicted molar refractivity (Wildman–Crippen MR) is 106 cm³/mol. The zero-order chi connectivity index (χ0) is 18.3. The molecule has 0 saturated heterocycles. The van der Waals surface area contributed by atoms with Crippen LogP contribution in [0.25, 0.3) is 0 Å². The number of benzene rings is 1. The van der Waals surface area contributed by atoms with Gasteiger partial charge >= 0.3 is 0 Å². The van der Waals surface area contributed by atoms with E-state index in [9.17, 15) is 4.79 Å². The molecule has 4 bridgehead atoms. The zero-order valence-electron chi connectivity index (χ0n) is 15.8. The molecule has 1 aromatic carbocycles. The largest absolute Gasteiger partial charge is 0.345 e. The molecular weight excluding hydrogens is 332 g/mol. The highest BCUT2D eigenvalue weighted by molar-refractivity contribution is 5.78. The standard InChI is InChI=1S/C24H28N2O/c27-22(16-24-13-17-10-18(14-24)12-19(11-17)15-24)26-23(20-4-2-1-3-5-20)21-6-8-25-9-7-21/h1-9,17-19,23H,10-16H2,(H,26,27). The molecule has 2 aromatic rings. The minimum absolute atomic E-state index is 0.101. The molecule has 1 atom stereocenters. The van der Waals surface area contributed by atoms with Crippen LogP contribution in [-0.2, 0) is 4.79 Å². The van der Waals surface area contributed by atoms with Gasteiger partial charge in [0.25, 0.3) is 0 Å². The smallest absolute Gasteiger partial charge is 0.221 e. The van der Waals surface area contributed by atoms with Gasteiger partial charge in [-0.25, -0.2) is 0 Å². The molecule has 140 valence electrons. The third-order valence-corrected chi connectivity index (χ3v) is 7.18. The Morgan fingerprint density at radius 3 is 2.07 bits per heavy atom. The second-order valence-corrected chi connectivity index (χ2v) is 9.29. The van der Waals surface area contributed by atoms with Gasteiger partial charge in [0, 0.05) is 18.8 Å². The predicted octanol–water partition coefficient (Wildman–Crippen LogP) is 4.89. The van der Waals surface area contributed by atoms with Crippen LogP contribution in [0.2, 0.25) is 0 Å². The van der Waals surface area contributed by atoms with E-state index in [1.54, 1.807) is 12.4 Å². The van der Waals surface area contributed by atoms with Crippen LogP contribution < -0.4 is 5.32 Å². The van der Waals surface area contributed by atoms with Crippen molar-refractivity contribution in [1.29, 1.82) is 0 Å². The lowest BCUT2D eigenvalue weighted by atomic mass is 9.49. The quantitative estimate of drug-likeness (QED) is 0.824. The van der Waals surface area contributed by atoms with Gasteiger partial charge in [0.05, 0.1) is 6.04 Å². The lowest BCUT2D eigenvalue weighted by Crippen LogP contribution is -2.48. The molecule has 0 radical (unpaired) electrons. The number of hydrogen-bond acceptors (Lipinski definition) is 2. The minimum Gasteiger partial charge on any atom is -0.345 e. The van der Waals surface area contributed by atoms with Crippen LogP contribution in [0.1, 0.15) is 62.1 Å². The number of nitrogens with one attached hydrogen (secondary N) is 1. The number of aromatic nitrogens is 1. The first-order valence-electron chi connectivity index (χ1n) is 10.4. The number of carbonyl (C=O) groups is 1. The van der Waals surface area contributed by atoms with E-state index in [-0.39, 0.29) is 17.4 Å². The van der Waals surface area contributed by atoms with Crippen molar-refractivity contribution < 1.29 is 4.79 Å². The number of nitrogens with zero attached hydrogens (tertiary/aromatic N) is 1. The van der Waals surface area contributed by atoms with Gasteiger partial charge < -0.3 is 5.32 Å². The molecule has 1 aromatic heterocycles. The molecule has 0 aliphatic heterocycles. The molecule has 3 nitrogen and oxygen atoms in total. The summed E-state index contributed by atoms with van der Waals surface area (Å²) in [6, 6.07) is 14.2. The maximum atomic E-state index is 13.2. The first kappa shape index (κ1) is 17.0. The Kier molecular flexibility index (Phi) is 4.26. The maximum Gasteiger partial charge on any atom is 0.221 e. The van der Waals surface area contributed by atoms with Gasteiger partial charge in [0.1, 0.15) is 0 Å². The number of carbonyl (C=O) groups excluding carboxylic acids is 1. The Hall–Kier alpha value is -2.16. The minimum atomic E-state index is -0.101. The van der Waals surface area contributed by atoms with Gasteiger partial charge in [-0.1, -0.05) is 30.3 Å². The van der Waals surface area contributed by atoms with Crippen molar-refractivity contribution >= 4 is 5.91 Å². The second-order valence-electron chi connectivity index (χ2n) is 9.29. The molecule has 1 heterocycles. The average Bonchev–Trinajstić information content (AvgIpc) is 2.66. The molecule has 27 heavy (non-hydrogen) atoms. The second kappa shape index (κ2) is 6.78. The summed E-state index contributed by atoms with van der Waals surface area (Å²) >= 11 is 0. The lowest BCUT2D eigenvalue weighted by molar-refractivity contribution is -0.129. The van der Waals surface area contributed by atoms with Crippen molar-refractivity contribution in [3.63, 3.8) is 0 Å². The molecule has 4 aliphatic rings. The lowest BCUT2D eigenvalue weighted by Gasteiger charge is -2.56. The van der Waals surface area contributed by atoms with E-state index < -0.39 is 0 Å². The SMILES string of the molecule is O=C(CC12CC3CC(CC(C3)C1)C2)NC(c1ccccc1)c1ccncc1. The molecule has 6 rings (SSSR count). The van der Waals surface area contributed by atoms with Crippen LogP contribution in [0.15, 0.2) is 54.9 Å². The van der Waals surface area contributed by atoms with Crippen LogP contribution >= 0.6 is 0 Å². The van der Waals surface area contributed by atoms with Gasteiger partial charge in [-0.2, -0.15) is 0 Å². The molecule has 4 saturated carbocycles. The van der Waals surface area contributed by atoms with E-state index >= 15 is 0 Å². The fourth-order valence-corrected chi connectivity index (χ4v) is 6.62. The van der Waals surface area contributed by atoms with Crippen LogP contribution in [0.3, 0.4) is 0 Å². The Labute approximate surface area is 161 Å². The fraction of sp³-hybridized carbons (Fsp3) is 0.500. The fourth-order valence-electron chi connectivity index (χ4n) is 6.62. The van der Waals surface area contributed by atoms with Crippen LogP contribution in [0.5, 0.6) is 0 Å². The normalized spacial score (nSPS) is 32.2. The van der Waals surface area contributed by atoms with Crippen molar-refractivity contribution in [2.24, 2.45) is 23.2 Å². The van der Waals surface area contributed by atoms with E-state index in [1.807, 2.05) is 30.3 Å². The summed E-state index contributed by atoms with van der Waals surface area (Å²) < 4.78 is 0. The Bertz CT molecular complexity index is 727. The molecule has 0 spiro atoms. The van der Waals surface area contributed by atoms with Gasteiger partial charge in [-0.3, -0.25) is 9.78 Å². The Balaban J connectivity index is 1.35. The van der Waals surface area contributed by atoms with Gasteiger partial charge in [0.15, 0.2) is 0 Å². The molecular formula is C24H28N2O. The van der Waals surface area contributed by atoms with Crippen molar-refractivity contribution in [3.8, 4) is 0 Å². The molecule has 4 fully saturated rings. The topological polar surface area (TPSA) is 42.0 Å². The van der Waals surface area contributed by atoms with Crippen molar-refractivity contribution in [2.75, 3.05) is 0 Å². The van der Waals surface area contributed by atoms with E-state index in [2.05, 4.69) is 22.4 Å². The molecule has 1 N–H and O–H groups in total. The number of pyridine rings is 1. The van der Waals surface area contributed by atoms with E-state index in [1.165, 1.54) is 38.5 Å². The number of rotatable bonds is 5. The van der Waals surface area contributed by atoms with Crippen molar-refractivity contribution in [3.05, 3.63) is 66.0 Å². The van der Waals surface area contributed by atoms with Crippen molar-refractivity contribution in [2.45, 2.75) is 51.0 Å². The number of amides is 1. The Morgan fingerprint density at radius 1 is 0.926 bits per heavy atom. The Morgan fingerprint density at radius 2 is 1.48 bits per heavy atom. The first-order chi connectivity index (χ1) is 13.2. The van der Waals surface area contributed by atoms with Gasteiger partial charge in [-0.05, 0) is 85.0 Å². The summed E-state index contributed by atoms with van der Waals surface area (Å²) in [7, 11) is 0. The highest BCUT2D eigenvalue weighted by atomic mass is 16.1. The molecule has 1 amide bonds. The molecule has 3 heteroatoms. The highest BCUT2D eigenvalue weighted by Gasteiger charge is 2.51. The van der Waals surface area contributed by atoms with E-state index in [0.29, 0.717) is 6.42 Å². The number of hydrogen-bond donors (Lipinski definition) is 1. The van der Waals surface area contributed by atoms with Crippen LogP contribution in [0, 0.1) is 23.2 Å². The van der Waals surface area contributed by atoms with Crippen molar-refractivity contribution in [1.82, 2.24) is 10.3 Å². The summed E-state index contributed by atoms with van der Waals surface area (Å²) in [5.41, 5.74) is 2.50.